The molecule has 0 atom stereocenters. The lowest BCUT2D eigenvalue weighted by Gasteiger charge is -2.16. The number of hydrogen-bond acceptors (Lipinski definition) is 10. The number of nitrogen functional groups attached to an aromatic ring is 1. The molecule has 3 saturated carbocycles. The number of amides is 5. The summed E-state index contributed by atoms with van der Waals surface area (Å²) >= 11 is 0. The van der Waals surface area contributed by atoms with Gasteiger partial charge in [0.2, 0.25) is 29.5 Å². The summed E-state index contributed by atoms with van der Waals surface area (Å²) in [5.41, 5.74) is 7.52. The van der Waals surface area contributed by atoms with Crippen LogP contribution in [0.4, 0.5) is 47.3 Å². The molecule has 0 aliphatic heterocycles. The van der Waals surface area contributed by atoms with Gasteiger partial charge in [-0.3, -0.25) is 28.8 Å². The first-order valence-electron chi connectivity index (χ1n) is 28.9. The average Bonchev–Trinajstić information content (AvgIpc) is 1.65. The molecule has 478 valence electrons. The summed E-state index contributed by atoms with van der Waals surface area (Å²) in [5.74, 6) is -2.72. The molecule has 9 N–H and O–H groups in total. The highest BCUT2D eigenvalue weighted by atomic mass is 35.5. The van der Waals surface area contributed by atoms with Crippen LogP contribution in [-0.2, 0) is 42.0 Å². The van der Waals surface area contributed by atoms with Crippen LogP contribution in [0.3, 0.4) is 0 Å². The highest BCUT2D eigenvalue weighted by molar-refractivity contribution is 6.18. The molecule has 0 aromatic heterocycles. The van der Waals surface area contributed by atoms with Gasteiger partial charge >= 0.3 is 5.97 Å². The fourth-order valence-electron chi connectivity index (χ4n) is 8.65. The molecular formula is C72H72ClF3N6O10. The lowest BCUT2D eigenvalue weighted by Crippen LogP contribution is -2.35. The van der Waals surface area contributed by atoms with Gasteiger partial charge in [-0.25, -0.2) is 13.2 Å². The number of nitrogens with two attached hydrogens (primary N) is 1. The van der Waals surface area contributed by atoms with Crippen molar-refractivity contribution in [2.24, 2.45) is 16.2 Å². The molecular weight excluding hydrogens is 1200 g/mol. The summed E-state index contributed by atoms with van der Waals surface area (Å²) in [4.78, 5) is 72.5. The van der Waals surface area contributed by atoms with E-state index in [2.05, 4.69) is 50.9 Å². The molecule has 92 heavy (non-hydrogen) atoms. The number of benzene rings is 8. The summed E-state index contributed by atoms with van der Waals surface area (Å²) < 4.78 is 49.8. The van der Waals surface area contributed by atoms with Crippen molar-refractivity contribution < 1.29 is 61.6 Å². The third-order valence-electron chi connectivity index (χ3n) is 14.6. The standard InChI is InChI=1S/C24H21FN2O3.C17H15FN2O3.C13H13NO.C11H10FNO3.C6H8.CH4.ClH/c25-18-6-8-19(9-7-18)26-22(28)24(14-15-24)23(29)27-20-10-12-21(13-11-20)30-16-17-4-2-1-3-5-17;18-11-1-3-12(4-2-11)19-15(22)17(9-10-17)16(23)20-13-5-7-14(21)8-6-13;14-12-6-8-13(9-7-12)15-10-11-4-2-1-3-5-11;12-7-1-3-8(4-2-7)13-9(14)11(5-6-11)10(15)16;1-2-4-6-5-3-1;;/h1-13H,14-16H2,(H,26,28)(H,27,29);1-8,21H,9-10H2,(H,19,22)(H,20,23);1-9H,10,14H2;1-4H,5-6H2,(H,13,14)(H,15,16);1-2,5-6H,3-4H2;1H4;1H. The van der Waals surface area contributed by atoms with Gasteiger partial charge in [0.1, 0.15) is 64.2 Å². The minimum absolute atomic E-state index is 0. The van der Waals surface area contributed by atoms with E-state index in [1.54, 1.807) is 36.4 Å². The number of carbonyl (C=O) groups excluding carboxylic acids is 5. The second kappa shape index (κ2) is 33.8. The van der Waals surface area contributed by atoms with E-state index in [0.717, 1.165) is 35.4 Å². The highest BCUT2D eigenvalue weighted by Gasteiger charge is 2.58. The van der Waals surface area contributed by atoms with Crippen molar-refractivity contribution in [2.75, 3.05) is 32.3 Å². The molecule has 3 fully saturated rings. The van der Waals surface area contributed by atoms with Crippen molar-refractivity contribution >= 4 is 82.0 Å². The molecule has 8 aromatic carbocycles. The minimum Gasteiger partial charge on any atom is -0.508 e. The summed E-state index contributed by atoms with van der Waals surface area (Å²) in [6.07, 6.45) is 13.6. The Morgan fingerprint density at radius 3 is 0.924 bits per heavy atom. The second-order valence-corrected chi connectivity index (χ2v) is 21.4. The van der Waals surface area contributed by atoms with Crippen LogP contribution >= 0.6 is 12.4 Å². The Labute approximate surface area is 538 Å². The zero-order valence-corrected chi connectivity index (χ0v) is 50.1. The maximum atomic E-state index is 13.0. The summed E-state index contributed by atoms with van der Waals surface area (Å²) in [6, 6.07) is 56.4. The number of ether oxygens (including phenoxy) is 2. The normalized spacial score (nSPS) is 13.9. The predicted molar refractivity (Wildman–Crippen MR) is 353 cm³/mol. The Bertz CT molecular complexity index is 3680. The van der Waals surface area contributed by atoms with Gasteiger partial charge < -0.3 is 52.0 Å². The number of allylic oxidation sites excluding steroid dienone is 4. The van der Waals surface area contributed by atoms with Crippen LogP contribution in [0.5, 0.6) is 17.2 Å². The fourth-order valence-corrected chi connectivity index (χ4v) is 8.65. The number of carboxylic acid groups (broad SMARTS) is 1. The Balaban J connectivity index is 0.000000193. The first-order chi connectivity index (χ1) is 43.4. The number of aliphatic carboxylic acids is 1. The first kappa shape index (κ1) is 70.4. The molecule has 8 aromatic rings. The van der Waals surface area contributed by atoms with Gasteiger partial charge in [-0.2, -0.15) is 0 Å². The minimum atomic E-state index is -1.27. The van der Waals surface area contributed by atoms with Crippen LogP contribution in [-0.4, -0.2) is 45.7 Å². The smallest absolute Gasteiger partial charge is 0.319 e. The molecule has 20 heteroatoms. The molecule has 5 amide bonds. The number of nitrogens with one attached hydrogen (secondary N) is 5. The predicted octanol–water partition coefficient (Wildman–Crippen LogP) is 15.1. The zero-order valence-electron chi connectivity index (χ0n) is 49.3. The van der Waals surface area contributed by atoms with E-state index in [9.17, 15) is 47.0 Å². The van der Waals surface area contributed by atoms with Gasteiger partial charge in [0, 0.05) is 34.1 Å². The number of carboxylic acids is 1. The molecule has 4 aliphatic rings. The number of carbonyl (C=O) groups is 6. The van der Waals surface area contributed by atoms with Crippen molar-refractivity contribution in [1.82, 2.24) is 0 Å². The zero-order chi connectivity index (χ0) is 63.9. The van der Waals surface area contributed by atoms with Crippen LogP contribution in [0.25, 0.3) is 0 Å². The van der Waals surface area contributed by atoms with Gasteiger partial charge in [0.05, 0.1) is 0 Å². The molecule has 12 rings (SSSR count). The molecule has 0 heterocycles. The molecule has 0 bridgehead atoms. The van der Waals surface area contributed by atoms with Crippen LogP contribution in [0, 0.1) is 33.7 Å². The molecule has 0 saturated heterocycles. The molecule has 0 unspecified atom stereocenters. The molecule has 0 spiro atoms. The Hall–Kier alpha value is -10.7. The Morgan fingerprint density at radius 1 is 0.391 bits per heavy atom. The highest BCUT2D eigenvalue weighted by Crippen LogP contribution is 2.49. The number of phenols is 1. The third-order valence-corrected chi connectivity index (χ3v) is 14.6. The van der Waals surface area contributed by atoms with Crippen LogP contribution in [0.15, 0.2) is 231 Å². The van der Waals surface area contributed by atoms with Crippen molar-refractivity contribution in [3.8, 4) is 17.2 Å². The number of aromatic hydroxyl groups is 1. The molecule has 0 radical (unpaired) electrons. The number of hydrogen-bond donors (Lipinski definition) is 8. The van der Waals surface area contributed by atoms with Crippen LogP contribution < -0.4 is 41.8 Å². The SMILES string of the molecule is C.C1=CCC=CC1.Cl.Nc1ccc(OCc2ccccc2)cc1.O=C(Nc1ccc(F)cc1)C1(C(=O)Nc2ccc(OCc3ccccc3)cc2)CC1.O=C(Nc1ccc(O)cc1)C1(C(=O)Nc2ccc(F)cc2)CC1.O=C(O)C1(C(=O)Nc2ccc(F)cc2)CC1. The van der Waals surface area contributed by atoms with Crippen molar-refractivity contribution in [3.05, 3.63) is 259 Å². The number of anilines is 6. The first-order valence-corrected chi connectivity index (χ1v) is 28.9. The average molecular weight is 1270 g/mol. The van der Waals surface area contributed by atoms with E-state index >= 15 is 0 Å². The van der Waals surface area contributed by atoms with E-state index in [1.165, 1.54) is 84.9 Å². The van der Waals surface area contributed by atoms with E-state index < -0.39 is 45.7 Å². The lowest BCUT2D eigenvalue weighted by atomic mass is 10.0. The largest absolute Gasteiger partial charge is 0.508 e. The fraction of sp³-hybridized carbons (Fsp3) is 0.194. The molecule has 4 aliphatic carbocycles. The topological polar surface area (TPSA) is 248 Å². The maximum Gasteiger partial charge on any atom is 0.319 e. The van der Waals surface area contributed by atoms with Gasteiger partial charge in [0.25, 0.3) is 0 Å². The van der Waals surface area contributed by atoms with E-state index in [-0.39, 0.29) is 49.1 Å². The third kappa shape index (κ3) is 21.0. The Kier molecular flexibility index (Phi) is 25.9. The summed E-state index contributed by atoms with van der Waals surface area (Å²) in [7, 11) is 0. The second-order valence-electron chi connectivity index (χ2n) is 21.4. The van der Waals surface area contributed by atoms with E-state index in [1.807, 2.05) is 84.9 Å². The van der Waals surface area contributed by atoms with Gasteiger partial charge in [-0.15, -0.1) is 12.4 Å². The molecule has 16 nitrogen and oxygen atoms in total. The van der Waals surface area contributed by atoms with E-state index in [4.69, 9.17) is 20.3 Å². The van der Waals surface area contributed by atoms with Crippen LogP contribution in [0.2, 0.25) is 0 Å². The quantitative estimate of drug-likeness (QED) is 0.0184. The van der Waals surface area contributed by atoms with Gasteiger partial charge in [0.15, 0.2) is 0 Å². The van der Waals surface area contributed by atoms with Crippen molar-refractivity contribution in [2.45, 2.75) is 72.0 Å². The van der Waals surface area contributed by atoms with Gasteiger partial charge in [-0.05, 0) is 208 Å². The number of rotatable bonds is 17. The summed E-state index contributed by atoms with van der Waals surface area (Å²) in [5, 5.41) is 31.4. The van der Waals surface area contributed by atoms with Gasteiger partial charge in [-0.1, -0.05) is 92.4 Å². The lowest BCUT2D eigenvalue weighted by molar-refractivity contribution is -0.147. The Morgan fingerprint density at radius 2 is 0.652 bits per heavy atom. The monoisotopic (exact) mass is 1270 g/mol. The number of phenolic OH excluding ortho intramolecular Hbond substituents is 1. The summed E-state index contributed by atoms with van der Waals surface area (Å²) in [6.45, 7) is 1.05. The maximum absolute atomic E-state index is 13.0. The van der Waals surface area contributed by atoms with Crippen molar-refractivity contribution in [1.29, 1.82) is 0 Å². The van der Waals surface area contributed by atoms with Crippen LogP contribution in [0.1, 0.15) is 69.9 Å². The van der Waals surface area contributed by atoms with E-state index in [0.29, 0.717) is 85.9 Å². The van der Waals surface area contributed by atoms with Crippen molar-refractivity contribution in [3.63, 3.8) is 0 Å². The number of halogens is 4.